The first-order chi connectivity index (χ1) is 10.3. The van der Waals surface area contributed by atoms with Gasteiger partial charge in [0, 0.05) is 0 Å². The van der Waals surface area contributed by atoms with E-state index in [1.54, 1.807) is 11.3 Å². The Morgan fingerprint density at radius 1 is 1.14 bits per heavy atom. The Balaban J connectivity index is 1.87. The van der Waals surface area contributed by atoms with E-state index in [0.717, 1.165) is 29.1 Å². The molecule has 0 fully saturated rings. The van der Waals surface area contributed by atoms with Crippen molar-refractivity contribution in [1.82, 2.24) is 10.3 Å². The van der Waals surface area contributed by atoms with Crippen LogP contribution in [0, 0.1) is 5.82 Å². The summed E-state index contributed by atoms with van der Waals surface area (Å²) in [5.41, 5.74) is 2.15. The van der Waals surface area contributed by atoms with Crippen LogP contribution in [0.1, 0.15) is 23.5 Å². The van der Waals surface area contributed by atoms with Gasteiger partial charge in [0.1, 0.15) is 10.8 Å². The summed E-state index contributed by atoms with van der Waals surface area (Å²) >= 11 is 1.72. The van der Waals surface area contributed by atoms with E-state index >= 15 is 0 Å². The van der Waals surface area contributed by atoms with E-state index in [4.69, 9.17) is 4.98 Å². The summed E-state index contributed by atoms with van der Waals surface area (Å²) in [6, 6.07) is 15.0. The van der Waals surface area contributed by atoms with Gasteiger partial charge in [-0.05, 0) is 42.8 Å². The maximum absolute atomic E-state index is 13.0. The molecule has 0 aliphatic rings. The molecule has 0 radical (unpaired) electrons. The number of nitrogens with zero attached hydrogens (tertiary/aromatic N) is 1. The fourth-order valence-electron chi connectivity index (χ4n) is 2.39. The highest BCUT2D eigenvalue weighted by atomic mass is 32.1. The van der Waals surface area contributed by atoms with Gasteiger partial charge in [-0.25, -0.2) is 9.37 Å². The van der Waals surface area contributed by atoms with Gasteiger partial charge >= 0.3 is 0 Å². The minimum absolute atomic E-state index is 0.165. The van der Waals surface area contributed by atoms with E-state index in [0.29, 0.717) is 0 Å². The first-order valence-electron chi connectivity index (χ1n) is 7.09. The van der Waals surface area contributed by atoms with Crippen LogP contribution >= 0.6 is 11.3 Å². The van der Waals surface area contributed by atoms with Crippen molar-refractivity contribution in [3.63, 3.8) is 0 Å². The third kappa shape index (κ3) is 3.28. The van der Waals surface area contributed by atoms with Gasteiger partial charge in [-0.2, -0.15) is 0 Å². The topological polar surface area (TPSA) is 24.9 Å². The van der Waals surface area contributed by atoms with Crippen molar-refractivity contribution in [2.24, 2.45) is 0 Å². The quantitative estimate of drug-likeness (QED) is 0.758. The van der Waals surface area contributed by atoms with Crippen molar-refractivity contribution in [1.29, 1.82) is 0 Å². The molecular weight excluding hydrogens is 283 g/mol. The van der Waals surface area contributed by atoms with E-state index < -0.39 is 0 Å². The predicted octanol–water partition coefficient (Wildman–Crippen LogP) is 4.33. The third-order valence-electron chi connectivity index (χ3n) is 3.41. The largest absolute Gasteiger partial charge is 0.308 e. The average molecular weight is 300 g/mol. The first kappa shape index (κ1) is 14.2. The lowest BCUT2D eigenvalue weighted by atomic mass is 10.1. The van der Waals surface area contributed by atoms with Crippen molar-refractivity contribution in [3.8, 4) is 0 Å². The molecule has 2 aromatic carbocycles. The van der Waals surface area contributed by atoms with Crippen LogP contribution in [-0.2, 0) is 6.42 Å². The highest BCUT2D eigenvalue weighted by Crippen LogP contribution is 2.28. The summed E-state index contributed by atoms with van der Waals surface area (Å²) in [7, 11) is 0. The Morgan fingerprint density at radius 3 is 2.62 bits per heavy atom. The monoisotopic (exact) mass is 300 g/mol. The Labute approximate surface area is 127 Å². The van der Waals surface area contributed by atoms with Gasteiger partial charge in [0.25, 0.3) is 0 Å². The molecule has 0 aliphatic heterocycles. The van der Waals surface area contributed by atoms with Crippen LogP contribution in [0.4, 0.5) is 4.39 Å². The number of hydrogen-bond donors (Lipinski definition) is 1. The molecule has 0 aliphatic carbocycles. The predicted molar refractivity (Wildman–Crippen MR) is 86.1 cm³/mol. The van der Waals surface area contributed by atoms with Crippen LogP contribution in [0.15, 0.2) is 48.5 Å². The zero-order valence-corrected chi connectivity index (χ0v) is 12.7. The maximum atomic E-state index is 13.0. The molecule has 1 heterocycles. The molecular formula is C17H17FN2S. The minimum Gasteiger partial charge on any atom is -0.308 e. The van der Waals surface area contributed by atoms with Gasteiger partial charge in [-0.15, -0.1) is 11.3 Å². The Bertz CT molecular complexity index is 688. The summed E-state index contributed by atoms with van der Waals surface area (Å²) < 4.78 is 14.2. The molecule has 1 unspecified atom stereocenters. The molecule has 0 spiro atoms. The van der Waals surface area contributed by atoms with Crippen LogP contribution in [0.2, 0.25) is 0 Å². The number of para-hydroxylation sites is 1. The lowest BCUT2D eigenvalue weighted by Gasteiger charge is -2.15. The smallest absolute Gasteiger partial charge is 0.123 e. The highest BCUT2D eigenvalue weighted by molar-refractivity contribution is 7.18. The number of thiazole rings is 1. The lowest BCUT2D eigenvalue weighted by Crippen LogP contribution is -2.22. The molecule has 1 aromatic heterocycles. The third-order valence-corrected chi connectivity index (χ3v) is 4.56. The SMILES string of the molecule is CCNC(Cc1ccc(F)cc1)c1nc2ccccc2s1. The van der Waals surface area contributed by atoms with E-state index in [-0.39, 0.29) is 11.9 Å². The van der Waals surface area contributed by atoms with Crippen molar-refractivity contribution in [2.45, 2.75) is 19.4 Å². The molecule has 3 rings (SSSR count). The molecule has 0 amide bonds. The standard InChI is InChI=1S/C17H17FN2S/c1-2-19-15(11-12-7-9-13(18)10-8-12)17-20-14-5-3-4-6-16(14)21-17/h3-10,15,19H,2,11H2,1H3. The molecule has 2 nitrogen and oxygen atoms in total. The van der Waals surface area contributed by atoms with Crippen LogP contribution < -0.4 is 5.32 Å². The van der Waals surface area contributed by atoms with E-state index in [9.17, 15) is 4.39 Å². The molecule has 0 saturated heterocycles. The van der Waals surface area contributed by atoms with Gasteiger partial charge in [-0.3, -0.25) is 0 Å². The number of hydrogen-bond acceptors (Lipinski definition) is 3. The van der Waals surface area contributed by atoms with Crippen molar-refractivity contribution >= 4 is 21.6 Å². The normalized spacial score (nSPS) is 12.7. The number of nitrogens with one attached hydrogen (secondary N) is 1. The number of rotatable bonds is 5. The fourth-order valence-corrected chi connectivity index (χ4v) is 3.43. The zero-order chi connectivity index (χ0) is 14.7. The van der Waals surface area contributed by atoms with E-state index in [2.05, 4.69) is 18.3 Å². The molecule has 3 aromatic rings. The second-order valence-corrected chi connectivity index (χ2v) is 6.02. The summed E-state index contributed by atoms with van der Waals surface area (Å²) in [4.78, 5) is 4.73. The summed E-state index contributed by atoms with van der Waals surface area (Å²) in [6.07, 6.45) is 0.813. The molecule has 21 heavy (non-hydrogen) atoms. The average Bonchev–Trinajstić information content (AvgIpc) is 2.93. The summed E-state index contributed by atoms with van der Waals surface area (Å²) in [6.45, 7) is 2.97. The number of fused-ring (bicyclic) bond motifs is 1. The number of likely N-dealkylation sites (N-methyl/N-ethyl adjacent to an activating group) is 1. The first-order valence-corrected chi connectivity index (χ1v) is 7.91. The van der Waals surface area contributed by atoms with E-state index in [1.807, 2.05) is 30.3 Å². The van der Waals surface area contributed by atoms with Crippen molar-refractivity contribution in [2.75, 3.05) is 6.54 Å². The van der Waals surface area contributed by atoms with Crippen LogP contribution in [0.25, 0.3) is 10.2 Å². The van der Waals surface area contributed by atoms with Crippen molar-refractivity contribution < 1.29 is 4.39 Å². The Kier molecular flexibility index (Phi) is 4.27. The van der Waals surface area contributed by atoms with Gasteiger partial charge < -0.3 is 5.32 Å². The van der Waals surface area contributed by atoms with E-state index in [1.165, 1.54) is 16.8 Å². The second kappa shape index (κ2) is 6.33. The molecule has 1 N–H and O–H groups in total. The second-order valence-electron chi connectivity index (χ2n) is 4.96. The van der Waals surface area contributed by atoms with Crippen LogP contribution in [0.3, 0.4) is 0 Å². The van der Waals surface area contributed by atoms with Crippen LogP contribution in [-0.4, -0.2) is 11.5 Å². The van der Waals surface area contributed by atoms with Gasteiger partial charge in [0.05, 0.1) is 16.3 Å². The van der Waals surface area contributed by atoms with Gasteiger partial charge in [-0.1, -0.05) is 31.2 Å². The molecule has 0 saturated carbocycles. The number of halogens is 1. The van der Waals surface area contributed by atoms with Crippen molar-refractivity contribution in [3.05, 3.63) is 64.9 Å². The maximum Gasteiger partial charge on any atom is 0.123 e. The summed E-state index contributed by atoms with van der Waals surface area (Å²) in [5, 5.41) is 4.56. The summed E-state index contributed by atoms with van der Waals surface area (Å²) in [5.74, 6) is -0.196. The minimum atomic E-state index is -0.196. The van der Waals surface area contributed by atoms with Gasteiger partial charge in [0.15, 0.2) is 0 Å². The fraction of sp³-hybridized carbons (Fsp3) is 0.235. The molecule has 0 bridgehead atoms. The molecule has 4 heteroatoms. The highest BCUT2D eigenvalue weighted by Gasteiger charge is 2.16. The van der Waals surface area contributed by atoms with Gasteiger partial charge in [0.2, 0.25) is 0 Å². The number of aromatic nitrogens is 1. The zero-order valence-electron chi connectivity index (χ0n) is 11.8. The molecule has 1 atom stereocenters. The Morgan fingerprint density at radius 2 is 1.90 bits per heavy atom. The Hall–Kier alpha value is -1.78. The van der Waals surface area contributed by atoms with Crippen LogP contribution in [0.5, 0.6) is 0 Å². The number of benzene rings is 2. The lowest BCUT2D eigenvalue weighted by molar-refractivity contribution is 0.547. The molecule has 108 valence electrons.